The van der Waals surface area contributed by atoms with Crippen LogP contribution in [0.25, 0.3) is 0 Å². The summed E-state index contributed by atoms with van der Waals surface area (Å²) in [4.78, 5) is 11.5. The summed E-state index contributed by atoms with van der Waals surface area (Å²) in [5, 5.41) is 11.4. The van der Waals surface area contributed by atoms with Gasteiger partial charge in [0.2, 0.25) is 0 Å². The smallest absolute Gasteiger partial charge is 0.411 e. The predicted molar refractivity (Wildman–Crippen MR) is 94.7 cm³/mol. The highest BCUT2D eigenvalue weighted by molar-refractivity contribution is 5.84. The number of rotatable bonds is 13. The highest BCUT2D eigenvalue weighted by Gasteiger charge is 2.01. The number of ether oxygens (including phenoxy) is 1. The SMILES string of the molecule is O=C(Nc1ccccc1)OCCCCCCCCCCCCO. The fourth-order valence-corrected chi connectivity index (χ4v) is 2.47. The molecule has 1 aromatic carbocycles. The monoisotopic (exact) mass is 321 g/mol. The Bertz CT molecular complexity index is 395. The van der Waals surface area contributed by atoms with Crippen molar-refractivity contribution in [2.75, 3.05) is 18.5 Å². The fourth-order valence-electron chi connectivity index (χ4n) is 2.47. The number of amides is 1. The van der Waals surface area contributed by atoms with Crippen LogP contribution in [0.15, 0.2) is 30.3 Å². The third-order valence-corrected chi connectivity index (χ3v) is 3.81. The first-order chi connectivity index (χ1) is 11.3. The summed E-state index contributed by atoms with van der Waals surface area (Å²) in [6, 6.07) is 9.34. The Hall–Kier alpha value is -1.55. The summed E-state index contributed by atoms with van der Waals surface area (Å²) in [5.41, 5.74) is 0.761. The predicted octanol–water partition coefficient (Wildman–Crippen LogP) is 5.13. The van der Waals surface area contributed by atoms with Gasteiger partial charge in [0, 0.05) is 12.3 Å². The quantitative estimate of drug-likeness (QED) is 0.495. The van der Waals surface area contributed by atoms with E-state index in [1.807, 2.05) is 30.3 Å². The average Bonchev–Trinajstić information content (AvgIpc) is 2.57. The van der Waals surface area contributed by atoms with Crippen LogP contribution in [-0.2, 0) is 4.74 Å². The molecular formula is C19H31NO3. The standard InChI is InChI=1S/C19H31NO3/c21-16-12-7-5-3-1-2-4-6-8-13-17-23-19(22)20-18-14-10-9-11-15-18/h9-11,14-15,21H,1-8,12-13,16-17H2,(H,20,22). The van der Waals surface area contributed by atoms with Gasteiger partial charge in [-0.2, -0.15) is 0 Å². The molecule has 4 nitrogen and oxygen atoms in total. The lowest BCUT2D eigenvalue weighted by molar-refractivity contribution is 0.159. The maximum Gasteiger partial charge on any atom is 0.411 e. The first-order valence-corrected chi connectivity index (χ1v) is 8.92. The molecule has 1 amide bonds. The number of para-hydroxylation sites is 1. The number of aliphatic hydroxyl groups excluding tert-OH is 1. The van der Waals surface area contributed by atoms with E-state index in [2.05, 4.69) is 5.32 Å². The van der Waals surface area contributed by atoms with Crippen LogP contribution >= 0.6 is 0 Å². The number of aliphatic hydroxyl groups is 1. The van der Waals surface area contributed by atoms with E-state index in [0.717, 1.165) is 31.4 Å². The molecule has 0 heterocycles. The first kappa shape index (κ1) is 19.5. The van der Waals surface area contributed by atoms with E-state index in [1.54, 1.807) is 0 Å². The van der Waals surface area contributed by atoms with Gasteiger partial charge >= 0.3 is 6.09 Å². The van der Waals surface area contributed by atoms with Crippen molar-refractivity contribution in [1.82, 2.24) is 0 Å². The first-order valence-electron chi connectivity index (χ1n) is 8.92. The van der Waals surface area contributed by atoms with Gasteiger partial charge in [-0.1, -0.05) is 69.6 Å². The minimum absolute atomic E-state index is 0.325. The van der Waals surface area contributed by atoms with Gasteiger partial charge in [0.25, 0.3) is 0 Å². The number of hydrogen-bond acceptors (Lipinski definition) is 3. The van der Waals surface area contributed by atoms with Crippen LogP contribution in [0, 0.1) is 0 Å². The molecule has 0 bridgehead atoms. The van der Waals surface area contributed by atoms with E-state index in [9.17, 15) is 4.79 Å². The minimum atomic E-state index is -0.376. The number of carbonyl (C=O) groups excluding carboxylic acids is 1. The number of unbranched alkanes of at least 4 members (excludes halogenated alkanes) is 9. The minimum Gasteiger partial charge on any atom is -0.449 e. The van der Waals surface area contributed by atoms with Crippen LogP contribution in [0.5, 0.6) is 0 Å². The Labute approximate surface area is 140 Å². The highest BCUT2D eigenvalue weighted by atomic mass is 16.5. The molecule has 23 heavy (non-hydrogen) atoms. The van der Waals surface area contributed by atoms with Crippen molar-refractivity contribution in [3.05, 3.63) is 30.3 Å². The third-order valence-electron chi connectivity index (χ3n) is 3.81. The number of benzene rings is 1. The van der Waals surface area contributed by atoms with Crippen molar-refractivity contribution in [2.45, 2.75) is 64.2 Å². The summed E-state index contributed by atoms with van der Waals surface area (Å²) in [6.45, 7) is 0.811. The second-order valence-electron chi connectivity index (χ2n) is 5.89. The summed E-state index contributed by atoms with van der Waals surface area (Å²) in [7, 11) is 0. The zero-order valence-corrected chi connectivity index (χ0v) is 14.1. The Morgan fingerprint density at radius 2 is 1.35 bits per heavy atom. The molecule has 0 atom stereocenters. The molecule has 0 unspecified atom stereocenters. The second-order valence-corrected chi connectivity index (χ2v) is 5.89. The van der Waals surface area contributed by atoms with Crippen molar-refractivity contribution >= 4 is 11.8 Å². The zero-order valence-electron chi connectivity index (χ0n) is 14.1. The van der Waals surface area contributed by atoms with Crippen LogP contribution in [-0.4, -0.2) is 24.4 Å². The fraction of sp³-hybridized carbons (Fsp3) is 0.632. The summed E-state index contributed by atoms with van der Waals surface area (Å²) < 4.78 is 5.16. The molecule has 1 aromatic rings. The molecule has 4 heteroatoms. The molecule has 0 aliphatic rings. The van der Waals surface area contributed by atoms with Crippen molar-refractivity contribution in [1.29, 1.82) is 0 Å². The van der Waals surface area contributed by atoms with E-state index in [-0.39, 0.29) is 6.09 Å². The van der Waals surface area contributed by atoms with Crippen molar-refractivity contribution < 1.29 is 14.6 Å². The van der Waals surface area contributed by atoms with E-state index in [0.29, 0.717) is 13.2 Å². The van der Waals surface area contributed by atoms with Crippen LogP contribution in [0.4, 0.5) is 10.5 Å². The summed E-state index contributed by atoms with van der Waals surface area (Å²) in [6.07, 6.45) is 11.3. The van der Waals surface area contributed by atoms with Crippen LogP contribution in [0.3, 0.4) is 0 Å². The van der Waals surface area contributed by atoms with Crippen molar-refractivity contribution in [2.24, 2.45) is 0 Å². The summed E-state index contributed by atoms with van der Waals surface area (Å²) in [5.74, 6) is 0. The number of anilines is 1. The lowest BCUT2D eigenvalue weighted by Crippen LogP contribution is -2.14. The van der Waals surface area contributed by atoms with Gasteiger partial charge in [-0.15, -0.1) is 0 Å². The van der Waals surface area contributed by atoms with Gasteiger partial charge in [0.05, 0.1) is 6.61 Å². The third kappa shape index (κ3) is 11.6. The maximum atomic E-state index is 11.5. The molecular weight excluding hydrogens is 290 g/mol. The molecule has 0 spiro atoms. The molecule has 2 N–H and O–H groups in total. The lowest BCUT2D eigenvalue weighted by atomic mass is 10.1. The Kier molecular flexibility index (Phi) is 11.9. The maximum absolute atomic E-state index is 11.5. The van der Waals surface area contributed by atoms with E-state index >= 15 is 0 Å². The number of carbonyl (C=O) groups is 1. The van der Waals surface area contributed by atoms with E-state index < -0.39 is 0 Å². The molecule has 0 aromatic heterocycles. The largest absolute Gasteiger partial charge is 0.449 e. The zero-order chi connectivity index (χ0) is 16.6. The van der Waals surface area contributed by atoms with Crippen LogP contribution in [0.1, 0.15) is 64.2 Å². The number of nitrogens with one attached hydrogen (secondary N) is 1. The van der Waals surface area contributed by atoms with Crippen LogP contribution < -0.4 is 5.32 Å². The Morgan fingerprint density at radius 1 is 0.826 bits per heavy atom. The van der Waals surface area contributed by atoms with Gasteiger partial charge < -0.3 is 9.84 Å². The number of hydrogen-bond donors (Lipinski definition) is 2. The molecule has 0 fully saturated rings. The molecule has 0 aliphatic carbocycles. The lowest BCUT2D eigenvalue weighted by Gasteiger charge is -2.07. The van der Waals surface area contributed by atoms with Gasteiger partial charge in [0.1, 0.15) is 0 Å². The van der Waals surface area contributed by atoms with Gasteiger partial charge in [-0.25, -0.2) is 4.79 Å². The van der Waals surface area contributed by atoms with E-state index in [1.165, 1.54) is 38.5 Å². The molecule has 0 aliphatic heterocycles. The van der Waals surface area contributed by atoms with Crippen molar-refractivity contribution in [3.8, 4) is 0 Å². The molecule has 1 rings (SSSR count). The molecule has 0 saturated carbocycles. The highest BCUT2D eigenvalue weighted by Crippen LogP contribution is 2.11. The molecule has 0 saturated heterocycles. The normalized spacial score (nSPS) is 10.5. The molecule has 130 valence electrons. The Morgan fingerprint density at radius 3 is 1.91 bits per heavy atom. The second kappa shape index (κ2) is 14.1. The summed E-state index contributed by atoms with van der Waals surface area (Å²) >= 11 is 0. The van der Waals surface area contributed by atoms with Gasteiger partial charge in [-0.05, 0) is 25.0 Å². The van der Waals surface area contributed by atoms with Crippen molar-refractivity contribution in [3.63, 3.8) is 0 Å². The Balaban J connectivity index is 1.83. The average molecular weight is 321 g/mol. The van der Waals surface area contributed by atoms with Crippen LogP contribution in [0.2, 0.25) is 0 Å². The topological polar surface area (TPSA) is 58.6 Å². The van der Waals surface area contributed by atoms with E-state index in [4.69, 9.17) is 9.84 Å². The van der Waals surface area contributed by atoms with Gasteiger partial charge in [0.15, 0.2) is 0 Å². The van der Waals surface area contributed by atoms with Gasteiger partial charge in [-0.3, -0.25) is 5.32 Å². The molecule has 0 radical (unpaired) electrons.